The van der Waals surface area contributed by atoms with Crippen LogP contribution in [0.5, 0.6) is 0 Å². The van der Waals surface area contributed by atoms with Gasteiger partial charge in [-0.1, -0.05) is 6.92 Å². The van der Waals surface area contributed by atoms with Gasteiger partial charge in [-0.05, 0) is 23.3 Å². The summed E-state index contributed by atoms with van der Waals surface area (Å²) < 4.78 is 1.58. The van der Waals surface area contributed by atoms with E-state index in [1.165, 1.54) is 0 Å². The Balaban J connectivity index is 3.02. The molecule has 1 heterocycles. The van der Waals surface area contributed by atoms with Gasteiger partial charge in [-0.3, -0.25) is 0 Å². The van der Waals surface area contributed by atoms with Crippen LogP contribution < -0.4 is 0 Å². The molecule has 0 aliphatic heterocycles. The first kappa shape index (κ1) is 9.63. The molecule has 1 atom stereocenters. The van der Waals surface area contributed by atoms with Crippen molar-refractivity contribution in [2.45, 2.75) is 33.2 Å². The van der Waals surface area contributed by atoms with E-state index in [4.69, 9.17) is 0 Å². The van der Waals surface area contributed by atoms with Crippen LogP contribution in [0.3, 0.4) is 0 Å². The van der Waals surface area contributed by atoms with Crippen molar-refractivity contribution in [2.24, 2.45) is 0 Å². The number of hydrogen-bond donors (Lipinski definition) is 0. The molecule has 0 bridgehead atoms. The summed E-state index contributed by atoms with van der Waals surface area (Å²) >= 11 is 0. The van der Waals surface area contributed by atoms with Gasteiger partial charge in [0.15, 0.2) is 0 Å². The molecule has 0 saturated carbocycles. The molecule has 0 saturated heterocycles. The van der Waals surface area contributed by atoms with Gasteiger partial charge in [0.05, 0.1) is 6.04 Å². The highest BCUT2D eigenvalue weighted by atomic mass is 16.6. The van der Waals surface area contributed by atoms with E-state index in [1.807, 2.05) is 13.8 Å². The Bertz CT molecular complexity index is 320. The van der Waals surface area contributed by atoms with E-state index in [1.54, 1.807) is 11.6 Å². The van der Waals surface area contributed by atoms with E-state index in [9.17, 15) is 10.1 Å². The largest absolute Gasteiger partial charge is 0.491 e. The fraction of sp³-hybridized carbons (Fsp3) is 0.714. The molecule has 1 aromatic rings. The average molecular weight is 184 g/mol. The SMILES string of the molecule is CCC(C)n1nc([N+](=O)[O-])nc1C. The van der Waals surface area contributed by atoms with Crippen molar-refractivity contribution in [3.8, 4) is 0 Å². The monoisotopic (exact) mass is 184 g/mol. The molecule has 0 fully saturated rings. The molecule has 1 unspecified atom stereocenters. The topological polar surface area (TPSA) is 73.8 Å². The van der Waals surface area contributed by atoms with Crippen molar-refractivity contribution < 1.29 is 4.92 Å². The molecule has 0 aliphatic carbocycles. The van der Waals surface area contributed by atoms with Gasteiger partial charge in [-0.15, -0.1) is 0 Å². The molecule has 0 aliphatic rings. The number of aromatic nitrogens is 3. The molecule has 1 rings (SSSR count). The van der Waals surface area contributed by atoms with E-state index < -0.39 is 4.92 Å². The minimum atomic E-state index is -0.577. The minimum Gasteiger partial charge on any atom is -0.390 e. The van der Waals surface area contributed by atoms with E-state index in [0.717, 1.165) is 6.42 Å². The van der Waals surface area contributed by atoms with E-state index in [-0.39, 0.29) is 12.0 Å². The Morgan fingerprint density at radius 3 is 2.69 bits per heavy atom. The van der Waals surface area contributed by atoms with Gasteiger partial charge >= 0.3 is 5.95 Å². The summed E-state index contributed by atoms with van der Waals surface area (Å²) in [6.07, 6.45) is 0.876. The summed E-state index contributed by atoms with van der Waals surface area (Å²) in [5, 5.41) is 14.1. The molecule has 72 valence electrons. The van der Waals surface area contributed by atoms with Gasteiger partial charge < -0.3 is 10.1 Å². The number of nitro groups is 1. The first-order valence-electron chi connectivity index (χ1n) is 4.13. The number of aryl methyl sites for hydroxylation is 1. The summed E-state index contributed by atoms with van der Waals surface area (Å²) in [7, 11) is 0. The van der Waals surface area contributed by atoms with Gasteiger partial charge in [0.25, 0.3) is 0 Å². The molecule has 6 nitrogen and oxygen atoms in total. The maximum absolute atomic E-state index is 10.3. The second-order valence-electron chi connectivity index (χ2n) is 2.92. The minimum absolute atomic E-state index is 0.154. The highest BCUT2D eigenvalue weighted by Gasteiger charge is 2.20. The Labute approximate surface area is 75.7 Å². The normalized spacial score (nSPS) is 12.8. The van der Waals surface area contributed by atoms with Crippen molar-refractivity contribution in [1.29, 1.82) is 0 Å². The van der Waals surface area contributed by atoms with E-state index in [0.29, 0.717) is 5.82 Å². The zero-order valence-electron chi connectivity index (χ0n) is 7.89. The van der Waals surface area contributed by atoms with Crippen LogP contribution in [0.25, 0.3) is 0 Å². The number of rotatable bonds is 3. The fourth-order valence-electron chi connectivity index (χ4n) is 1.05. The van der Waals surface area contributed by atoms with E-state index in [2.05, 4.69) is 10.1 Å². The lowest BCUT2D eigenvalue weighted by Crippen LogP contribution is -2.07. The van der Waals surface area contributed by atoms with Gasteiger partial charge in [0, 0.05) is 12.0 Å². The van der Waals surface area contributed by atoms with Crippen molar-refractivity contribution in [3.63, 3.8) is 0 Å². The first-order valence-corrected chi connectivity index (χ1v) is 4.13. The van der Waals surface area contributed by atoms with Crippen LogP contribution in [0.1, 0.15) is 32.1 Å². The van der Waals surface area contributed by atoms with Gasteiger partial charge in [0.1, 0.15) is 0 Å². The first-order chi connectivity index (χ1) is 6.06. The zero-order valence-corrected chi connectivity index (χ0v) is 7.89. The van der Waals surface area contributed by atoms with Crippen LogP contribution in [-0.4, -0.2) is 19.7 Å². The summed E-state index contributed by atoms with van der Waals surface area (Å²) in [6.45, 7) is 5.66. The van der Waals surface area contributed by atoms with Crippen LogP contribution in [0.4, 0.5) is 5.95 Å². The molecule has 0 amide bonds. The van der Waals surface area contributed by atoms with Gasteiger partial charge in [-0.2, -0.15) is 4.68 Å². The molecule has 13 heavy (non-hydrogen) atoms. The molecule has 1 aromatic heterocycles. The smallest absolute Gasteiger partial charge is 0.390 e. The van der Waals surface area contributed by atoms with Crippen LogP contribution in [0, 0.1) is 17.0 Å². The summed E-state index contributed by atoms with van der Waals surface area (Å²) in [5.74, 6) is 0.263. The van der Waals surface area contributed by atoms with Crippen LogP contribution in [-0.2, 0) is 0 Å². The van der Waals surface area contributed by atoms with Crippen molar-refractivity contribution in [2.75, 3.05) is 0 Å². The van der Waals surface area contributed by atoms with Crippen LogP contribution in [0.2, 0.25) is 0 Å². The Hall–Kier alpha value is -1.46. The molecule has 0 aromatic carbocycles. The summed E-state index contributed by atoms with van der Waals surface area (Å²) in [4.78, 5) is 13.5. The van der Waals surface area contributed by atoms with Crippen LogP contribution in [0.15, 0.2) is 0 Å². The molecule has 0 spiro atoms. The second-order valence-corrected chi connectivity index (χ2v) is 2.92. The number of hydrogen-bond acceptors (Lipinski definition) is 4. The zero-order chi connectivity index (χ0) is 10.0. The third-order valence-corrected chi connectivity index (χ3v) is 1.96. The Morgan fingerprint density at radius 1 is 1.69 bits per heavy atom. The summed E-state index contributed by atoms with van der Waals surface area (Å²) in [6, 6.07) is 0.154. The predicted octanol–water partition coefficient (Wildman–Crippen LogP) is 1.47. The predicted molar refractivity (Wildman–Crippen MR) is 46.4 cm³/mol. The van der Waals surface area contributed by atoms with Gasteiger partial charge in [0.2, 0.25) is 5.82 Å². The molecule has 6 heteroatoms. The molecular formula is C7H12N4O2. The van der Waals surface area contributed by atoms with Crippen LogP contribution >= 0.6 is 0 Å². The quantitative estimate of drug-likeness (QED) is 0.526. The fourth-order valence-corrected chi connectivity index (χ4v) is 1.05. The standard InChI is InChI=1S/C7H12N4O2/c1-4-5(2)10-6(3)8-7(9-10)11(12)13/h5H,4H2,1-3H3. The third-order valence-electron chi connectivity index (χ3n) is 1.96. The molecule has 0 N–H and O–H groups in total. The second kappa shape index (κ2) is 3.51. The lowest BCUT2D eigenvalue weighted by molar-refractivity contribution is -0.394. The van der Waals surface area contributed by atoms with Crippen molar-refractivity contribution >= 4 is 5.95 Å². The van der Waals surface area contributed by atoms with Gasteiger partial charge in [-0.25, -0.2) is 0 Å². The number of nitrogens with zero attached hydrogens (tertiary/aromatic N) is 4. The average Bonchev–Trinajstić information content (AvgIpc) is 2.46. The van der Waals surface area contributed by atoms with E-state index >= 15 is 0 Å². The highest BCUT2D eigenvalue weighted by Crippen LogP contribution is 2.13. The van der Waals surface area contributed by atoms with Crippen molar-refractivity contribution in [1.82, 2.24) is 14.8 Å². The third kappa shape index (κ3) is 1.82. The van der Waals surface area contributed by atoms with Crippen molar-refractivity contribution in [3.05, 3.63) is 15.9 Å². The lowest BCUT2D eigenvalue weighted by Gasteiger charge is -2.04. The Kier molecular flexibility index (Phi) is 2.60. The molecular weight excluding hydrogens is 172 g/mol. The maximum atomic E-state index is 10.3. The molecule has 0 radical (unpaired) electrons. The Morgan fingerprint density at radius 2 is 2.31 bits per heavy atom. The maximum Gasteiger partial charge on any atom is 0.491 e. The highest BCUT2D eigenvalue weighted by molar-refractivity contribution is 5.03. The lowest BCUT2D eigenvalue weighted by atomic mass is 10.3. The summed E-state index contributed by atoms with van der Waals surface area (Å²) in [5.41, 5.74) is 0.